The maximum Gasteiger partial charge on any atom is 0.164 e. The molecular formula is C47H33N5. The molecule has 0 aliphatic rings. The van der Waals surface area contributed by atoms with Gasteiger partial charge < -0.3 is 4.90 Å². The average Bonchev–Trinajstić information content (AvgIpc) is 3.62. The van der Waals surface area contributed by atoms with Crippen molar-refractivity contribution < 1.29 is 0 Å². The highest BCUT2D eigenvalue weighted by Crippen LogP contribution is 2.36. The Bertz CT molecular complexity index is 2520. The zero-order valence-electron chi connectivity index (χ0n) is 28.3. The van der Waals surface area contributed by atoms with Crippen molar-refractivity contribution >= 4 is 28.1 Å². The third-order valence-corrected chi connectivity index (χ3v) is 9.33. The quantitative estimate of drug-likeness (QED) is 0.162. The molecule has 0 saturated heterocycles. The molecule has 0 amide bonds. The fourth-order valence-electron chi connectivity index (χ4n) is 6.71. The van der Waals surface area contributed by atoms with Crippen molar-refractivity contribution in [2.45, 2.75) is 0 Å². The zero-order chi connectivity index (χ0) is 34.7. The van der Waals surface area contributed by atoms with Crippen molar-refractivity contribution in [1.29, 1.82) is 0 Å². The molecule has 0 unspecified atom stereocenters. The van der Waals surface area contributed by atoms with E-state index in [0.29, 0.717) is 0 Å². The van der Waals surface area contributed by atoms with Gasteiger partial charge in [-0.15, -0.1) is 0 Å². The molecule has 3 heterocycles. The van der Waals surface area contributed by atoms with Gasteiger partial charge in [0.2, 0.25) is 0 Å². The predicted octanol–water partition coefficient (Wildman–Crippen LogP) is 12.0. The van der Waals surface area contributed by atoms with Crippen LogP contribution >= 0.6 is 0 Å². The molecule has 3 aromatic heterocycles. The van der Waals surface area contributed by atoms with Gasteiger partial charge in [-0.25, -0.2) is 4.98 Å². The van der Waals surface area contributed by atoms with Crippen LogP contribution < -0.4 is 4.90 Å². The Hall–Kier alpha value is -7.11. The SMILES string of the molecule is c1ccc(N(c2ccccc2)c2ccc(-c3ccc(-c4ccc(-c5ccc(-c6nc7ccccc7n6-c6ccccc6)nc5)cn4)cc3)cc2)cc1. The lowest BCUT2D eigenvalue weighted by molar-refractivity contribution is 1.08. The standard InChI is InChI=1S/C47H33N5/c1-4-12-39(13-5-1)51(40-14-6-2-7-15-40)42-28-24-35(25-29-42)34-20-22-36(23-21-34)43-30-26-37(32-48-43)38-27-31-45(49-33-38)47-50-44-18-10-11-19-46(44)52(47)41-16-8-3-9-17-41/h1-33H. The molecule has 0 aliphatic carbocycles. The van der Waals surface area contributed by atoms with E-state index in [1.807, 2.05) is 67.0 Å². The summed E-state index contributed by atoms with van der Waals surface area (Å²) in [7, 11) is 0. The molecule has 5 heteroatoms. The monoisotopic (exact) mass is 667 g/mol. The van der Waals surface area contributed by atoms with Crippen molar-refractivity contribution in [1.82, 2.24) is 19.5 Å². The van der Waals surface area contributed by atoms with E-state index in [9.17, 15) is 0 Å². The van der Waals surface area contributed by atoms with Gasteiger partial charge in [-0.05, 0) is 83.9 Å². The fourth-order valence-corrected chi connectivity index (χ4v) is 6.71. The number of fused-ring (bicyclic) bond motifs is 1. The van der Waals surface area contributed by atoms with E-state index in [-0.39, 0.29) is 0 Å². The van der Waals surface area contributed by atoms with E-state index in [4.69, 9.17) is 15.0 Å². The second-order valence-electron chi connectivity index (χ2n) is 12.6. The van der Waals surface area contributed by atoms with Crippen molar-refractivity contribution in [3.05, 3.63) is 200 Å². The molecule has 9 rings (SSSR count). The van der Waals surface area contributed by atoms with E-state index in [1.54, 1.807) is 0 Å². The minimum absolute atomic E-state index is 0.813. The number of nitrogens with zero attached hydrogens (tertiary/aromatic N) is 5. The highest BCUT2D eigenvalue weighted by molar-refractivity contribution is 5.83. The summed E-state index contributed by atoms with van der Waals surface area (Å²) < 4.78 is 2.17. The molecule has 0 fully saturated rings. The van der Waals surface area contributed by atoms with Crippen LogP contribution in [0.1, 0.15) is 0 Å². The van der Waals surface area contributed by atoms with Crippen molar-refractivity contribution in [3.63, 3.8) is 0 Å². The first kappa shape index (κ1) is 30.9. The maximum absolute atomic E-state index is 4.95. The molecule has 0 spiro atoms. The maximum atomic E-state index is 4.95. The largest absolute Gasteiger partial charge is 0.311 e. The molecule has 6 aromatic carbocycles. The molecule has 9 aromatic rings. The topological polar surface area (TPSA) is 46.8 Å². The van der Waals surface area contributed by atoms with Crippen LogP contribution in [0.5, 0.6) is 0 Å². The van der Waals surface area contributed by atoms with E-state index in [0.717, 1.165) is 78.8 Å². The number of hydrogen-bond donors (Lipinski definition) is 0. The Balaban J connectivity index is 0.928. The molecule has 52 heavy (non-hydrogen) atoms. The predicted molar refractivity (Wildman–Crippen MR) is 213 cm³/mol. The zero-order valence-corrected chi connectivity index (χ0v) is 28.3. The van der Waals surface area contributed by atoms with Crippen LogP contribution in [-0.4, -0.2) is 19.5 Å². The van der Waals surface area contributed by atoms with Crippen LogP contribution in [0.4, 0.5) is 17.1 Å². The van der Waals surface area contributed by atoms with E-state index in [1.165, 1.54) is 0 Å². The van der Waals surface area contributed by atoms with Crippen LogP contribution in [0.15, 0.2) is 200 Å². The van der Waals surface area contributed by atoms with Crippen molar-refractivity contribution in [3.8, 4) is 50.7 Å². The number of aromatic nitrogens is 4. The molecule has 0 radical (unpaired) electrons. The van der Waals surface area contributed by atoms with Crippen LogP contribution in [0.3, 0.4) is 0 Å². The number of benzene rings is 6. The number of rotatable bonds is 8. The van der Waals surface area contributed by atoms with Gasteiger partial charge in [-0.2, -0.15) is 0 Å². The summed E-state index contributed by atoms with van der Waals surface area (Å²) >= 11 is 0. The molecule has 0 saturated carbocycles. The van der Waals surface area contributed by atoms with Gasteiger partial charge in [-0.3, -0.25) is 14.5 Å². The van der Waals surface area contributed by atoms with Crippen LogP contribution in [0, 0.1) is 0 Å². The van der Waals surface area contributed by atoms with E-state index < -0.39 is 0 Å². The number of anilines is 3. The molecule has 0 bridgehead atoms. The summed E-state index contributed by atoms with van der Waals surface area (Å²) in [4.78, 5) is 16.9. The average molecular weight is 668 g/mol. The second-order valence-corrected chi connectivity index (χ2v) is 12.6. The Kier molecular flexibility index (Phi) is 8.12. The molecule has 0 N–H and O–H groups in total. The van der Waals surface area contributed by atoms with Gasteiger partial charge in [0.15, 0.2) is 5.82 Å². The van der Waals surface area contributed by atoms with Gasteiger partial charge in [0, 0.05) is 51.8 Å². The lowest BCUT2D eigenvalue weighted by Crippen LogP contribution is -2.09. The van der Waals surface area contributed by atoms with Gasteiger partial charge in [0.05, 0.1) is 16.7 Å². The van der Waals surface area contributed by atoms with Crippen LogP contribution in [0.2, 0.25) is 0 Å². The summed E-state index contributed by atoms with van der Waals surface area (Å²) in [6, 6.07) is 65.1. The molecule has 246 valence electrons. The fraction of sp³-hybridized carbons (Fsp3) is 0. The first-order valence-electron chi connectivity index (χ1n) is 17.4. The summed E-state index contributed by atoms with van der Waals surface area (Å²) in [6.07, 6.45) is 3.82. The normalized spacial score (nSPS) is 11.1. The minimum Gasteiger partial charge on any atom is -0.311 e. The minimum atomic E-state index is 0.813. The van der Waals surface area contributed by atoms with Gasteiger partial charge in [0.25, 0.3) is 0 Å². The molecular weight excluding hydrogens is 635 g/mol. The van der Waals surface area contributed by atoms with E-state index in [2.05, 4.69) is 143 Å². The first-order chi connectivity index (χ1) is 25.8. The first-order valence-corrected chi connectivity index (χ1v) is 17.4. The Labute approximate surface area is 302 Å². The Morgan fingerprint density at radius 1 is 0.365 bits per heavy atom. The van der Waals surface area contributed by atoms with Crippen LogP contribution in [-0.2, 0) is 0 Å². The van der Waals surface area contributed by atoms with Crippen molar-refractivity contribution in [2.24, 2.45) is 0 Å². The third-order valence-electron chi connectivity index (χ3n) is 9.33. The summed E-state index contributed by atoms with van der Waals surface area (Å²) in [5, 5.41) is 0. The number of para-hydroxylation sites is 5. The lowest BCUT2D eigenvalue weighted by atomic mass is 10.0. The second kappa shape index (κ2) is 13.7. The Morgan fingerprint density at radius 3 is 1.40 bits per heavy atom. The van der Waals surface area contributed by atoms with Gasteiger partial charge >= 0.3 is 0 Å². The van der Waals surface area contributed by atoms with Crippen molar-refractivity contribution in [2.75, 3.05) is 4.90 Å². The number of imidazole rings is 1. The lowest BCUT2D eigenvalue weighted by Gasteiger charge is -2.25. The van der Waals surface area contributed by atoms with Gasteiger partial charge in [0.1, 0.15) is 5.69 Å². The van der Waals surface area contributed by atoms with E-state index >= 15 is 0 Å². The van der Waals surface area contributed by atoms with Crippen LogP contribution in [0.25, 0.3) is 61.8 Å². The molecule has 0 atom stereocenters. The Morgan fingerprint density at radius 2 is 0.827 bits per heavy atom. The smallest absolute Gasteiger partial charge is 0.164 e. The molecule has 0 aliphatic heterocycles. The van der Waals surface area contributed by atoms with Gasteiger partial charge in [-0.1, -0.05) is 115 Å². The number of hydrogen-bond acceptors (Lipinski definition) is 4. The summed E-state index contributed by atoms with van der Waals surface area (Å²) in [6.45, 7) is 0. The highest BCUT2D eigenvalue weighted by Gasteiger charge is 2.16. The molecule has 5 nitrogen and oxygen atoms in total. The third kappa shape index (κ3) is 6.01. The highest BCUT2D eigenvalue weighted by atomic mass is 15.1. The number of pyridine rings is 2. The summed E-state index contributed by atoms with van der Waals surface area (Å²) in [5.41, 5.74) is 13.5. The summed E-state index contributed by atoms with van der Waals surface area (Å²) in [5.74, 6) is 0.813.